The van der Waals surface area contributed by atoms with Gasteiger partial charge in [-0.15, -0.1) is 0 Å². The molecule has 1 aliphatic rings. The number of amides is 1. The Hall–Kier alpha value is -2.89. The molecule has 0 radical (unpaired) electrons. The van der Waals surface area contributed by atoms with Crippen LogP contribution in [0, 0.1) is 11.7 Å². The first-order valence-corrected chi connectivity index (χ1v) is 9.36. The number of H-pyrrole nitrogens is 1. The number of hydrogen-bond donors (Lipinski definition) is 2. The molecule has 1 unspecified atom stereocenters. The molecule has 2 aromatic heterocycles. The molecule has 0 aliphatic heterocycles. The van der Waals surface area contributed by atoms with Crippen molar-refractivity contribution in [2.75, 3.05) is 0 Å². The van der Waals surface area contributed by atoms with E-state index in [0.717, 1.165) is 31.2 Å². The molecule has 140 valence electrons. The second-order valence-electron chi connectivity index (χ2n) is 7.04. The number of aromatic amines is 1. The summed E-state index contributed by atoms with van der Waals surface area (Å²) in [5.74, 6) is 0.451. The SMILES string of the molecule is O=C(NC(c1ccc(F)cc1)C1CCCCC1)c1cc(-c2ccco2)[nH]n1. The number of hydrogen-bond acceptors (Lipinski definition) is 3. The standard InChI is InChI=1S/C21H22FN3O2/c22-16-10-8-15(9-11-16)20(14-5-2-1-3-6-14)23-21(26)18-13-17(24-25-18)19-7-4-12-27-19/h4,7-14,20H,1-3,5-6H2,(H,23,26)(H,24,25). The molecule has 0 bridgehead atoms. The lowest BCUT2D eigenvalue weighted by molar-refractivity contribution is 0.0907. The van der Waals surface area contributed by atoms with Crippen molar-refractivity contribution in [3.05, 3.63) is 65.8 Å². The van der Waals surface area contributed by atoms with Crippen LogP contribution in [0.3, 0.4) is 0 Å². The van der Waals surface area contributed by atoms with E-state index in [1.165, 1.54) is 18.6 Å². The fraction of sp³-hybridized carbons (Fsp3) is 0.333. The lowest BCUT2D eigenvalue weighted by Gasteiger charge is -2.31. The predicted molar refractivity (Wildman–Crippen MR) is 99.5 cm³/mol. The topological polar surface area (TPSA) is 70.9 Å². The van der Waals surface area contributed by atoms with Crippen molar-refractivity contribution in [3.8, 4) is 11.5 Å². The van der Waals surface area contributed by atoms with Crippen molar-refractivity contribution in [3.63, 3.8) is 0 Å². The van der Waals surface area contributed by atoms with E-state index >= 15 is 0 Å². The molecule has 1 aromatic carbocycles. The highest BCUT2D eigenvalue weighted by molar-refractivity contribution is 5.93. The van der Waals surface area contributed by atoms with Gasteiger partial charge >= 0.3 is 0 Å². The summed E-state index contributed by atoms with van der Waals surface area (Å²) in [5.41, 5.74) is 1.89. The average Bonchev–Trinajstić information content (AvgIpc) is 3.39. The first-order chi connectivity index (χ1) is 13.2. The fourth-order valence-electron chi connectivity index (χ4n) is 3.82. The summed E-state index contributed by atoms with van der Waals surface area (Å²) in [7, 11) is 0. The summed E-state index contributed by atoms with van der Waals surface area (Å²) >= 11 is 0. The summed E-state index contributed by atoms with van der Waals surface area (Å²) in [6, 6.07) is 11.5. The maximum Gasteiger partial charge on any atom is 0.272 e. The fourth-order valence-corrected chi connectivity index (χ4v) is 3.82. The summed E-state index contributed by atoms with van der Waals surface area (Å²) in [6.45, 7) is 0. The minimum atomic E-state index is -0.275. The Bertz CT molecular complexity index is 881. The van der Waals surface area contributed by atoms with E-state index < -0.39 is 0 Å². The summed E-state index contributed by atoms with van der Waals surface area (Å²) in [4.78, 5) is 12.8. The van der Waals surface area contributed by atoms with Gasteiger partial charge in [-0.2, -0.15) is 5.10 Å². The maximum absolute atomic E-state index is 13.3. The molecule has 1 amide bonds. The van der Waals surface area contributed by atoms with E-state index in [9.17, 15) is 9.18 Å². The largest absolute Gasteiger partial charge is 0.463 e. The van der Waals surface area contributed by atoms with Crippen molar-refractivity contribution in [2.45, 2.75) is 38.1 Å². The molecule has 3 aromatic rings. The van der Waals surface area contributed by atoms with Crippen molar-refractivity contribution in [1.29, 1.82) is 0 Å². The molecule has 27 heavy (non-hydrogen) atoms. The normalized spacial score (nSPS) is 16.2. The monoisotopic (exact) mass is 367 g/mol. The van der Waals surface area contributed by atoms with E-state index in [4.69, 9.17) is 4.42 Å². The second kappa shape index (κ2) is 7.78. The number of furan rings is 1. The van der Waals surface area contributed by atoms with Gasteiger partial charge < -0.3 is 9.73 Å². The van der Waals surface area contributed by atoms with Crippen LogP contribution in [0.2, 0.25) is 0 Å². The highest BCUT2D eigenvalue weighted by Crippen LogP contribution is 2.34. The lowest BCUT2D eigenvalue weighted by Crippen LogP contribution is -2.34. The third-order valence-corrected chi connectivity index (χ3v) is 5.23. The molecule has 1 atom stereocenters. The minimum Gasteiger partial charge on any atom is -0.463 e. The Labute approximate surface area is 157 Å². The minimum absolute atomic E-state index is 0.151. The molecule has 2 N–H and O–H groups in total. The zero-order chi connectivity index (χ0) is 18.6. The van der Waals surface area contributed by atoms with Crippen molar-refractivity contribution in [2.24, 2.45) is 5.92 Å². The van der Waals surface area contributed by atoms with E-state index in [-0.39, 0.29) is 17.8 Å². The van der Waals surface area contributed by atoms with E-state index in [1.54, 1.807) is 36.6 Å². The van der Waals surface area contributed by atoms with Crippen molar-refractivity contribution in [1.82, 2.24) is 15.5 Å². The van der Waals surface area contributed by atoms with Gasteiger partial charge in [-0.1, -0.05) is 31.4 Å². The summed E-state index contributed by atoms with van der Waals surface area (Å²) < 4.78 is 18.7. The smallest absolute Gasteiger partial charge is 0.272 e. The first-order valence-electron chi connectivity index (χ1n) is 9.36. The van der Waals surface area contributed by atoms with Crippen LogP contribution in [0.15, 0.2) is 53.1 Å². The van der Waals surface area contributed by atoms with E-state index in [1.807, 2.05) is 0 Å². The Morgan fingerprint density at radius 1 is 1.19 bits per heavy atom. The number of benzene rings is 1. The van der Waals surface area contributed by atoms with E-state index in [2.05, 4.69) is 15.5 Å². The van der Waals surface area contributed by atoms with Crippen LogP contribution in [0.25, 0.3) is 11.5 Å². The van der Waals surface area contributed by atoms with Gasteiger partial charge in [0, 0.05) is 6.07 Å². The van der Waals surface area contributed by atoms with Gasteiger partial charge in [0.2, 0.25) is 0 Å². The van der Waals surface area contributed by atoms with Gasteiger partial charge in [-0.05, 0) is 48.6 Å². The van der Waals surface area contributed by atoms with Gasteiger partial charge in [-0.25, -0.2) is 4.39 Å². The zero-order valence-corrected chi connectivity index (χ0v) is 15.0. The molecular formula is C21H22FN3O2. The van der Waals surface area contributed by atoms with Crippen molar-refractivity contribution < 1.29 is 13.6 Å². The Morgan fingerprint density at radius 3 is 2.67 bits per heavy atom. The van der Waals surface area contributed by atoms with Crippen LogP contribution in [0.4, 0.5) is 4.39 Å². The molecule has 4 rings (SSSR count). The molecular weight excluding hydrogens is 345 g/mol. The number of nitrogens with one attached hydrogen (secondary N) is 2. The van der Waals surface area contributed by atoms with Gasteiger partial charge in [0.05, 0.1) is 12.3 Å². The molecule has 0 saturated heterocycles. The van der Waals surface area contributed by atoms with Crippen LogP contribution in [-0.4, -0.2) is 16.1 Å². The van der Waals surface area contributed by atoms with Gasteiger partial charge in [0.25, 0.3) is 5.91 Å². The molecule has 0 spiro atoms. The molecule has 1 aliphatic carbocycles. The third kappa shape index (κ3) is 3.94. The molecule has 1 fully saturated rings. The van der Waals surface area contributed by atoms with Crippen LogP contribution in [-0.2, 0) is 0 Å². The van der Waals surface area contributed by atoms with Gasteiger partial charge in [0.1, 0.15) is 11.5 Å². The van der Waals surface area contributed by atoms with Crippen LogP contribution >= 0.6 is 0 Å². The molecule has 1 saturated carbocycles. The number of nitrogens with zero attached hydrogens (tertiary/aromatic N) is 1. The summed E-state index contributed by atoms with van der Waals surface area (Å²) in [5, 5.41) is 10.1. The molecule has 6 heteroatoms. The molecule has 2 heterocycles. The quantitative estimate of drug-likeness (QED) is 0.676. The first kappa shape index (κ1) is 17.5. The Kier molecular flexibility index (Phi) is 5.05. The second-order valence-corrected chi connectivity index (χ2v) is 7.04. The van der Waals surface area contributed by atoms with Crippen molar-refractivity contribution >= 4 is 5.91 Å². The van der Waals surface area contributed by atoms with Crippen LogP contribution in [0.1, 0.15) is 54.2 Å². The number of carbonyl (C=O) groups excluding carboxylic acids is 1. The van der Waals surface area contributed by atoms with Gasteiger partial charge in [-0.3, -0.25) is 9.89 Å². The van der Waals surface area contributed by atoms with Gasteiger partial charge in [0.15, 0.2) is 11.5 Å². The lowest BCUT2D eigenvalue weighted by atomic mass is 9.81. The number of carbonyl (C=O) groups is 1. The maximum atomic E-state index is 13.3. The average molecular weight is 367 g/mol. The molecule has 5 nitrogen and oxygen atoms in total. The zero-order valence-electron chi connectivity index (χ0n) is 15.0. The summed E-state index contributed by atoms with van der Waals surface area (Å²) in [6.07, 6.45) is 7.23. The predicted octanol–water partition coefficient (Wildman–Crippen LogP) is 4.86. The Morgan fingerprint density at radius 2 is 1.96 bits per heavy atom. The Balaban J connectivity index is 1.55. The highest BCUT2D eigenvalue weighted by Gasteiger charge is 2.27. The van der Waals surface area contributed by atoms with Crippen LogP contribution in [0.5, 0.6) is 0 Å². The number of rotatable bonds is 5. The highest BCUT2D eigenvalue weighted by atomic mass is 19.1. The number of aromatic nitrogens is 2. The van der Waals surface area contributed by atoms with E-state index in [0.29, 0.717) is 23.1 Å². The number of halogens is 1. The van der Waals surface area contributed by atoms with Crippen LogP contribution < -0.4 is 5.32 Å². The third-order valence-electron chi connectivity index (χ3n) is 5.23.